The van der Waals surface area contributed by atoms with Gasteiger partial charge in [0.2, 0.25) is 0 Å². The van der Waals surface area contributed by atoms with Gasteiger partial charge in [0.15, 0.2) is 6.61 Å². The summed E-state index contributed by atoms with van der Waals surface area (Å²) in [6.45, 7) is 0.978. The molecule has 0 saturated heterocycles. The van der Waals surface area contributed by atoms with E-state index in [1.165, 1.54) is 30.3 Å². The first-order chi connectivity index (χ1) is 11.4. The van der Waals surface area contributed by atoms with Gasteiger partial charge in [-0.1, -0.05) is 24.3 Å². The Kier molecular flexibility index (Phi) is 5.10. The Morgan fingerprint density at radius 3 is 2.62 bits per heavy atom. The SMILES string of the molecule is Cc1cccc(C(=O)OCC(=O)Nc2ccccc2[N+](=O)[O-])c1O. The van der Waals surface area contributed by atoms with Gasteiger partial charge in [-0.3, -0.25) is 14.9 Å². The van der Waals surface area contributed by atoms with Crippen molar-refractivity contribution < 1.29 is 24.4 Å². The van der Waals surface area contributed by atoms with Gasteiger partial charge in [-0.15, -0.1) is 0 Å². The van der Waals surface area contributed by atoms with Crippen molar-refractivity contribution in [3.8, 4) is 5.75 Å². The summed E-state index contributed by atoms with van der Waals surface area (Å²) in [4.78, 5) is 33.9. The molecular weight excluding hydrogens is 316 g/mol. The monoisotopic (exact) mass is 330 g/mol. The van der Waals surface area contributed by atoms with E-state index >= 15 is 0 Å². The fraction of sp³-hybridized carbons (Fsp3) is 0.125. The van der Waals surface area contributed by atoms with E-state index in [2.05, 4.69) is 5.32 Å². The van der Waals surface area contributed by atoms with Crippen molar-refractivity contribution in [1.29, 1.82) is 0 Å². The Balaban J connectivity index is 2.00. The van der Waals surface area contributed by atoms with Gasteiger partial charge in [0, 0.05) is 6.07 Å². The van der Waals surface area contributed by atoms with Gasteiger partial charge in [-0.05, 0) is 24.6 Å². The molecule has 0 radical (unpaired) electrons. The minimum atomic E-state index is -0.867. The zero-order valence-electron chi connectivity index (χ0n) is 12.7. The van der Waals surface area contributed by atoms with Crippen molar-refractivity contribution in [3.63, 3.8) is 0 Å². The van der Waals surface area contributed by atoms with Gasteiger partial charge < -0.3 is 15.2 Å². The second kappa shape index (κ2) is 7.23. The third kappa shape index (κ3) is 3.86. The van der Waals surface area contributed by atoms with Crippen LogP contribution in [-0.4, -0.2) is 28.5 Å². The molecular formula is C16H14N2O6. The summed E-state index contributed by atoms with van der Waals surface area (Å²) in [7, 11) is 0. The second-order valence-electron chi connectivity index (χ2n) is 4.87. The maximum Gasteiger partial charge on any atom is 0.342 e. The van der Waals surface area contributed by atoms with E-state index in [1.807, 2.05) is 0 Å². The van der Waals surface area contributed by atoms with Crippen LogP contribution in [0.25, 0.3) is 0 Å². The molecule has 2 aromatic carbocycles. The number of aromatic hydroxyl groups is 1. The maximum atomic E-state index is 11.9. The summed E-state index contributed by atoms with van der Waals surface area (Å²) >= 11 is 0. The lowest BCUT2D eigenvalue weighted by Crippen LogP contribution is -2.21. The molecule has 2 N–H and O–H groups in total. The van der Waals surface area contributed by atoms with Crippen molar-refractivity contribution in [2.75, 3.05) is 11.9 Å². The fourth-order valence-corrected chi connectivity index (χ4v) is 1.96. The summed E-state index contributed by atoms with van der Waals surface area (Å²) in [5.74, 6) is -1.82. The molecule has 0 aliphatic heterocycles. The zero-order valence-corrected chi connectivity index (χ0v) is 12.7. The smallest absolute Gasteiger partial charge is 0.342 e. The second-order valence-corrected chi connectivity index (χ2v) is 4.87. The summed E-state index contributed by atoms with van der Waals surface area (Å²) in [6.07, 6.45) is 0. The molecule has 24 heavy (non-hydrogen) atoms. The van der Waals surface area contributed by atoms with Gasteiger partial charge in [0.05, 0.1) is 4.92 Å². The van der Waals surface area contributed by atoms with Crippen LogP contribution in [0, 0.1) is 17.0 Å². The quantitative estimate of drug-likeness (QED) is 0.493. The van der Waals surface area contributed by atoms with E-state index in [9.17, 15) is 24.8 Å². The van der Waals surface area contributed by atoms with Crippen LogP contribution in [0.4, 0.5) is 11.4 Å². The lowest BCUT2D eigenvalue weighted by molar-refractivity contribution is -0.383. The predicted octanol–water partition coefficient (Wildman–Crippen LogP) is 2.40. The highest BCUT2D eigenvalue weighted by atomic mass is 16.6. The van der Waals surface area contributed by atoms with Crippen LogP contribution >= 0.6 is 0 Å². The molecule has 0 spiro atoms. The number of phenols is 1. The van der Waals surface area contributed by atoms with E-state index in [0.29, 0.717) is 5.56 Å². The highest BCUT2D eigenvalue weighted by molar-refractivity contribution is 5.97. The number of nitrogens with one attached hydrogen (secondary N) is 1. The van der Waals surface area contributed by atoms with E-state index < -0.39 is 23.4 Å². The summed E-state index contributed by atoms with van der Waals surface area (Å²) in [5, 5.41) is 23.0. The molecule has 2 aromatic rings. The molecule has 0 heterocycles. The molecule has 2 rings (SSSR count). The molecule has 0 aromatic heterocycles. The van der Waals surface area contributed by atoms with Crippen molar-refractivity contribution in [2.24, 2.45) is 0 Å². The van der Waals surface area contributed by atoms with Crippen LogP contribution in [0.5, 0.6) is 5.75 Å². The average molecular weight is 330 g/mol. The zero-order chi connectivity index (χ0) is 17.7. The van der Waals surface area contributed by atoms with Crippen LogP contribution in [0.1, 0.15) is 15.9 Å². The first-order valence-corrected chi connectivity index (χ1v) is 6.89. The Morgan fingerprint density at radius 2 is 1.92 bits per heavy atom. The minimum Gasteiger partial charge on any atom is -0.507 e. The van der Waals surface area contributed by atoms with Crippen molar-refractivity contribution in [3.05, 3.63) is 63.7 Å². The highest BCUT2D eigenvalue weighted by Gasteiger charge is 2.18. The van der Waals surface area contributed by atoms with Gasteiger partial charge in [-0.2, -0.15) is 0 Å². The number of para-hydroxylation sites is 3. The molecule has 0 atom stereocenters. The number of nitrogens with zero attached hydrogens (tertiary/aromatic N) is 1. The lowest BCUT2D eigenvalue weighted by Gasteiger charge is -2.08. The van der Waals surface area contributed by atoms with Crippen LogP contribution in [0.3, 0.4) is 0 Å². The predicted molar refractivity (Wildman–Crippen MR) is 84.9 cm³/mol. The number of benzene rings is 2. The van der Waals surface area contributed by atoms with Crippen molar-refractivity contribution in [1.82, 2.24) is 0 Å². The number of nitro benzene ring substituents is 1. The Bertz CT molecular complexity index is 803. The summed E-state index contributed by atoms with van der Waals surface area (Å²) < 4.78 is 4.82. The lowest BCUT2D eigenvalue weighted by atomic mass is 10.1. The number of hydrogen-bond donors (Lipinski definition) is 2. The van der Waals surface area contributed by atoms with Crippen LogP contribution in [0.2, 0.25) is 0 Å². The first-order valence-electron chi connectivity index (χ1n) is 6.89. The van der Waals surface area contributed by atoms with Crippen LogP contribution in [-0.2, 0) is 9.53 Å². The molecule has 124 valence electrons. The molecule has 0 saturated carbocycles. The summed E-state index contributed by atoms with van der Waals surface area (Å²) in [5.41, 5.74) is 0.165. The van der Waals surface area contributed by atoms with Gasteiger partial charge in [0.1, 0.15) is 17.0 Å². The third-order valence-corrected chi connectivity index (χ3v) is 3.17. The number of hydrogen-bond acceptors (Lipinski definition) is 6. The number of anilines is 1. The Labute approximate surface area is 136 Å². The van der Waals surface area contributed by atoms with Crippen molar-refractivity contribution in [2.45, 2.75) is 6.92 Å². The van der Waals surface area contributed by atoms with Gasteiger partial charge in [0.25, 0.3) is 11.6 Å². The third-order valence-electron chi connectivity index (χ3n) is 3.17. The molecule has 1 amide bonds. The van der Waals surface area contributed by atoms with E-state index in [1.54, 1.807) is 19.1 Å². The average Bonchev–Trinajstić information content (AvgIpc) is 2.55. The van der Waals surface area contributed by atoms with E-state index in [4.69, 9.17) is 4.74 Å². The Morgan fingerprint density at radius 1 is 1.21 bits per heavy atom. The van der Waals surface area contributed by atoms with E-state index in [0.717, 1.165) is 0 Å². The minimum absolute atomic E-state index is 0.00181. The molecule has 0 fully saturated rings. The van der Waals surface area contributed by atoms with Crippen LogP contribution in [0.15, 0.2) is 42.5 Å². The van der Waals surface area contributed by atoms with Crippen LogP contribution < -0.4 is 5.32 Å². The highest BCUT2D eigenvalue weighted by Crippen LogP contribution is 2.24. The number of amides is 1. The number of carbonyl (C=O) groups excluding carboxylic acids is 2. The van der Waals surface area contributed by atoms with E-state index in [-0.39, 0.29) is 22.7 Å². The fourth-order valence-electron chi connectivity index (χ4n) is 1.96. The number of ether oxygens (including phenoxy) is 1. The van der Waals surface area contributed by atoms with Crippen molar-refractivity contribution >= 4 is 23.3 Å². The topological polar surface area (TPSA) is 119 Å². The number of phenolic OH excluding ortho intramolecular Hbond substituents is 1. The Hall–Kier alpha value is -3.42. The number of aryl methyl sites for hydroxylation is 1. The maximum absolute atomic E-state index is 11.9. The summed E-state index contributed by atoms with van der Waals surface area (Å²) in [6, 6.07) is 10.2. The molecule has 0 bridgehead atoms. The van der Waals surface area contributed by atoms with Gasteiger partial charge >= 0.3 is 5.97 Å². The molecule has 0 unspecified atom stereocenters. The number of nitro groups is 1. The molecule has 8 nitrogen and oxygen atoms in total. The molecule has 0 aliphatic rings. The number of rotatable bonds is 5. The largest absolute Gasteiger partial charge is 0.507 e. The standard InChI is InChI=1S/C16H14N2O6/c1-10-5-4-6-11(15(10)20)16(21)24-9-14(19)17-12-7-2-3-8-13(12)18(22)23/h2-8,20H,9H2,1H3,(H,17,19). The number of carbonyl (C=O) groups is 2. The number of esters is 1. The normalized spacial score (nSPS) is 10.0. The van der Waals surface area contributed by atoms with Gasteiger partial charge in [-0.25, -0.2) is 4.79 Å². The molecule has 8 heteroatoms. The first kappa shape index (κ1) is 16.9. The molecule has 0 aliphatic carbocycles.